The summed E-state index contributed by atoms with van der Waals surface area (Å²) in [7, 11) is 9.04. The number of nitrogens with zero attached hydrogens (tertiary/aromatic N) is 2. The van der Waals surface area contributed by atoms with Crippen molar-refractivity contribution in [1.82, 2.24) is 25.5 Å². The number of anilines is 2. The van der Waals surface area contributed by atoms with Crippen molar-refractivity contribution in [1.29, 1.82) is 0 Å². The average Bonchev–Trinajstić information content (AvgIpc) is 3.50. The van der Waals surface area contributed by atoms with Crippen LogP contribution in [0.1, 0.15) is 110 Å². The van der Waals surface area contributed by atoms with Crippen molar-refractivity contribution in [3.63, 3.8) is 0 Å². The van der Waals surface area contributed by atoms with E-state index in [2.05, 4.69) is 84.9 Å². The van der Waals surface area contributed by atoms with Gasteiger partial charge in [-0.3, -0.25) is 9.36 Å². The molecule has 1 unspecified atom stereocenters. The summed E-state index contributed by atoms with van der Waals surface area (Å²) in [5.41, 5.74) is 4.50. The van der Waals surface area contributed by atoms with Gasteiger partial charge in [-0.2, -0.15) is 0 Å². The zero-order valence-electron chi connectivity index (χ0n) is 33.3. The third kappa shape index (κ3) is 21.9. The third-order valence-electron chi connectivity index (χ3n) is 7.95. The lowest BCUT2D eigenvalue weighted by atomic mass is 9.87. The van der Waals surface area contributed by atoms with Crippen molar-refractivity contribution in [3.05, 3.63) is 59.0 Å². The minimum absolute atomic E-state index is 0. The second-order valence-corrected chi connectivity index (χ2v) is 13.6. The van der Waals surface area contributed by atoms with Crippen LogP contribution in [0.4, 0.5) is 11.4 Å². The summed E-state index contributed by atoms with van der Waals surface area (Å²) in [5.74, 6) is 3.25. The van der Waals surface area contributed by atoms with E-state index in [0.717, 1.165) is 60.8 Å². The molecular weight excluding hydrogens is 675 g/mol. The zero-order chi connectivity index (χ0) is 38.2. The molecule has 10 nitrogen and oxygen atoms in total. The number of ether oxygens (including phenoxy) is 1. The van der Waals surface area contributed by atoms with E-state index in [1.165, 1.54) is 12.8 Å². The second-order valence-electron chi connectivity index (χ2n) is 13.6. The number of H-pyrrole nitrogens is 1. The van der Waals surface area contributed by atoms with Crippen molar-refractivity contribution in [2.45, 2.75) is 128 Å². The number of hydrogen-bond acceptors (Lipinski definition) is 7. The Bertz CT molecular complexity index is 1420. The van der Waals surface area contributed by atoms with Gasteiger partial charge in [-0.25, -0.2) is 4.79 Å². The average molecular weight is 760 g/mol. The number of methoxy groups -OCH3 is 1. The van der Waals surface area contributed by atoms with Crippen molar-refractivity contribution in [2.75, 3.05) is 65.2 Å². The molecule has 2 fully saturated rings. The topological polar surface area (TPSA) is 115 Å². The molecule has 5 rings (SSSR count). The maximum Gasteiger partial charge on any atom is 0.326 e. The van der Waals surface area contributed by atoms with Crippen LogP contribution in [0, 0.1) is 18.3 Å². The van der Waals surface area contributed by atoms with Gasteiger partial charge in [-0.05, 0) is 117 Å². The number of likely N-dealkylation sites (N-methyl/N-ethyl adjacent to an activating group) is 1. The van der Waals surface area contributed by atoms with Gasteiger partial charge in [0.05, 0.1) is 11.0 Å². The van der Waals surface area contributed by atoms with E-state index in [0.29, 0.717) is 18.5 Å². The number of benzene rings is 2. The number of nitrogens with one attached hydrogen (secondary N) is 5. The summed E-state index contributed by atoms with van der Waals surface area (Å²) in [4.78, 5) is 27.9. The van der Waals surface area contributed by atoms with E-state index < -0.39 is 0 Å². The third-order valence-corrected chi connectivity index (χ3v) is 7.95. The van der Waals surface area contributed by atoms with Crippen molar-refractivity contribution in [3.8, 4) is 12.3 Å². The predicted octanol–water partition coefficient (Wildman–Crippen LogP) is 9.03. The lowest BCUT2D eigenvalue weighted by Crippen LogP contribution is -2.46. The molecule has 1 atom stereocenters. The Labute approximate surface area is 333 Å². The maximum atomic E-state index is 11.7. The number of carbonyl (C=O) groups is 1. The number of rotatable bonds is 7. The number of fused-ring (bicyclic) bond motifs is 1. The highest BCUT2D eigenvalue weighted by molar-refractivity contribution is 5.94. The van der Waals surface area contributed by atoms with Crippen molar-refractivity contribution < 1.29 is 9.53 Å². The molecule has 0 spiro atoms. The highest BCUT2D eigenvalue weighted by Gasteiger charge is 2.43. The predicted molar refractivity (Wildman–Crippen MR) is 242 cm³/mol. The van der Waals surface area contributed by atoms with Gasteiger partial charge in [0.25, 0.3) is 0 Å². The van der Waals surface area contributed by atoms with E-state index in [1.807, 2.05) is 74.6 Å². The Kier molecular flexibility index (Phi) is 36.2. The van der Waals surface area contributed by atoms with Crippen LogP contribution in [0.15, 0.2) is 53.3 Å². The van der Waals surface area contributed by atoms with Gasteiger partial charge in [0.15, 0.2) is 0 Å². The first-order valence-electron chi connectivity index (χ1n) is 17.9. The highest BCUT2D eigenvalue weighted by atomic mass is 16.4. The molecule has 0 saturated carbocycles. The molecule has 1 amide bonds. The van der Waals surface area contributed by atoms with Gasteiger partial charge in [-0.1, -0.05) is 62.1 Å². The lowest BCUT2D eigenvalue weighted by Gasteiger charge is -2.28. The van der Waals surface area contributed by atoms with Gasteiger partial charge in [0, 0.05) is 69.8 Å². The largest absolute Gasteiger partial charge is 0.388 e. The van der Waals surface area contributed by atoms with Gasteiger partial charge in [0.1, 0.15) is 0 Å². The molecule has 0 bridgehead atoms. The summed E-state index contributed by atoms with van der Waals surface area (Å²) in [6.07, 6.45) is 9.94. The molecule has 2 aliphatic rings. The summed E-state index contributed by atoms with van der Waals surface area (Å²) < 4.78 is 5.99. The first-order valence-corrected chi connectivity index (χ1v) is 17.9. The van der Waals surface area contributed by atoms with Crippen molar-refractivity contribution >= 4 is 28.3 Å². The summed E-state index contributed by atoms with van der Waals surface area (Å²) >= 11 is 0. The zero-order valence-corrected chi connectivity index (χ0v) is 33.3. The standard InChI is InChI=1S/C12H16N2O.C10H13N3O.C10H22N2.C3H8.C3H4.C2H6O.4CH4/c1-13-10-5-7-11(8-6-10)14-9-3-2-4-12(14)15;1-11-6-7-13-9-5-3-2-4-8(9)12-10(13)14;1-9(2)6-8(7-11-5)10(3,4)12-9;3*1-3-2;;;;/h5-8,13H,2-4,9H2,1H3;2-5,11H,6-7H2,1H3,(H,12,14);8,11-12H,6-7H2,1-5H3;3H2,1-2H3;1H,2H3;1-2H3;4*1H4. The summed E-state index contributed by atoms with van der Waals surface area (Å²) in [6, 6.07) is 15.7. The fourth-order valence-corrected chi connectivity index (χ4v) is 5.91. The fraction of sp³-hybridized carbons (Fsp3) is 0.636. The molecule has 2 aliphatic heterocycles. The molecule has 54 heavy (non-hydrogen) atoms. The van der Waals surface area contributed by atoms with E-state index >= 15 is 0 Å². The Morgan fingerprint density at radius 3 is 1.89 bits per heavy atom. The quantitative estimate of drug-likeness (QED) is 0.153. The molecule has 0 radical (unpaired) electrons. The summed E-state index contributed by atoms with van der Waals surface area (Å²) in [5, 5.41) is 13.0. The van der Waals surface area contributed by atoms with E-state index in [1.54, 1.807) is 25.7 Å². The van der Waals surface area contributed by atoms with E-state index in [4.69, 9.17) is 0 Å². The number of imidazole rings is 1. The number of hydrogen-bond donors (Lipinski definition) is 5. The van der Waals surface area contributed by atoms with Crippen LogP contribution in [0.2, 0.25) is 0 Å². The molecule has 2 aromatic carbocycles. The minimum Gasteiger partial charge on any atom is -0.388 e. The number of piperidine rings is 1. The number of carbonyl (C=O) groups excluding carboxylic acids is 1. The maximum absolute atomic E-state index is 11.7. The normalized spacial score (nSPS) is 15.4. The Morgan fingerprint density at radius 1 is 0.907 bits per heavy atom. The second kappa shape index (κ2) is 32.8. The highest BCUT2D eigenvalue weighted by Crippen LogP contribution is 2.35. The number of para-hydroxylation sites is 2. The van der Waals surface area contributed by atoms with E-state index in [-0.39, 0.29) is 46.8 Å². The van der Waals surface area contributed by atoms with E-state index in [9.17, 15) is 9.59 Å². The Hall–Kier alpha value is -3.62. The van der Waals surface area contributed by atoms with Gasteiger partial charge in [0.2, 0.25) is 5.91 Å². The first kappa shape index (κ1) is 59.7. The van der Waals surface area contributed by atoms with Gasteiger partial charge in [-0.15, -0.1) is 12.3 Å². The van der Waals surface area contributed by atoms with Crippen LogP contribution in [-0.4, -0.2) is 81.5 Å². The molecule has 0 aliphatic carbocycles. The smallest absolute Gasteiger partial charge is 0.326 e. The molecule has 1 aromatic heterocycles. The van der Waals surface area contributed by atoms with Crippen LogP contribution >= 0.6 is 0 Å². The lowest BCUT2D eigenvalue weighted by molar-refractivity contribution is -0.119. The molecule has 2 saturated heterocycles. The number of aromatic amines is 1. The Balaban J connectivity index is -0.000000194. The van der Waals surface area contributed by atoms with Crippen molar-refractivity contribution in [2.24, 2.45) is 5.92 Å². The summed E-state index contributed by atoms with van der Waals surface area (Å²) in [6.45, 7) is 18.5. The van der Waals surface area contributed by atoms with Crippen LogP contribution < -0.4 is 31.9 Å². The monoisotopic (exact) mass is 760 g/mol. The molecular formula is C44H85N7O3. The number of terminal acetylenes is 1. The Morgan fingerprint density at radius 2 is 1.44 bits per heavy atom. The van der Waals surface area contributed by atoms with Crippen LogP contribution in [-0.2, 0) is 16.1 Å². The molecule has 10 heteroatoms. The van der Waals surface area contributed by atoms with Crippen LogP contribution in [0.5, 0.6) is 0 Å². The van der Waals surface area contributed by atoms with Crippen LogP contribution in [0.25, 0.3) is 11.0 Å². The number of aromatic nitrogens is 2. The molecule has 5 N–H and O–H groups in total. The minimum atomic E-state index is -0.0403. The first-order chi connectivity index (χ1) is 23.8. The fourth-order valence-electron chi connectivity index (χ4n) is 5.91. The molecule has 314 valence electrons. The van der Waals surface area contributed by atoms with Crippen LogP contribution in [0.3, 0.4) is 0 Å². The molecule has 3 aromatic rings. The molecule has 3 heterocycles. The van der Waals surface area contributed by atoms with Gasteiger partial charge < -0.3 is 35.9 Å². The van der Waals surface area contributed by atoms with Gasteiger partial charge >= 0.3 is 5.69 Å². The SMILES string of the molecule is C.C.C.C.C#CC.CCC.CNCC1CC(C)(C)NC1(C)C.CNCCn1c(=O)[nH]c2ccccc21.CNc1ccc(N2CCCCC2=O)cc1.COC. The number of amides is 1.